The third kappa shape index (κ3) is 7.66. The molecule has 1 aliphatic rings. The normalized spacial score (nSPS) is 15.7. The van der Waals surface area contributed by atoms with Crippen molar-refractivity contribution >= 4 is 27.3 Å². The fourth-order valence-electron chi connectivity index (χ4n) is 4.49. The minimum Gasteiger partial charge on any atom is -0.338 e. The Balaban J connectivity index is 1.75. The monoisotopic (exact) mass is 498 g/mol. The Morgan fingerprint density at radius 1 is 0.857 bits per heavy atom. The highest BCUT2D eigenvalue weighted by Gasteiger charge is 2.24. The summed E-state index contributed by atoms with van der Waals surface area (Å²) in [5.41, 5.74) is 1.82. The zero-order chi connectivity index (χ0) is 25.3. The fourth-order valence-corrected chi connectivity index (χ4v) is 5.82. The van der Waals surface area contributed by atoms with Crippen molar-refractivity contribution in [3.63, 3.8) is 0 Å². The number of hydrogen-bond donors (Lipinski definition) is 0. The Kier molecular flexibility index (Phi) is 9.90. The first-order valence-corrected chi connectivity index (χ1v) is 14.4. The van der Waals surface area contributed by atoms with Crippen molar-refractivity contribution in [3.05, 3.63) is 60.2 Å². The van der Waals surface area contributed by atoms with Crippen molar-refractivity contribution < 1.29 is 18.0 Å². The molecule has 190 valence electrons. The summed E-state index contributed by atoms with van der Waals surface area (Å²) < 4.78 is 25.2. The quantitative estimate of drug-likeness (QED) is 0.547. The summed E-state index contributed by atoms with van der Waals surface area (Å²) in [5.74, 6) is -0.107. The Hall–Kier alpha value is -2.67. The van der Waals surface area contributed by atoms with Crippen LogP contribution in [0.3, 0.4) is 0 Å². The van der Waals surface area contributed by atoms with E-state index in [4.69, 9.17) is 0 Å². The maximum absolute atomic E-state index is 13.2. The van der Waals surface area contributed by atoms with Crippen LogP contribution in [0.2, 0.25) is 0 Å². The molecule has 6 nitrogen and oxygen atoms in total. The standard InChI is InChI=1S/C28H38N2O4S/c1-23(2)28(32)30-20-12-5-3-4-11-19-29(22-24-14-9-10-17-26(24)30)27(31)18-13-21-35(33,34)25-15-7-6-8-16-25/h6-10,14-17,23H,3-5,11-13,18-22H2,1-2H3. The molecular formula is C28H38N2O4S. The van der Waals surface area contributed by atoms with Crippen molar-refractivity contribution in [2.45, 2.75) is 70.2 Å². The number of carbonyl (C=O) groups is 2. The van der Waals surface area contributed by atoms with Crippen molar-refractivity contribution in [1.29, 1.82) is 0 Å². The van der Waals surface area contributed by atoms with Gasteiger partial charge in [0.1, 0.15) is 0 Å². The van der Waals surface area contributed by atoms with E-state index in [0.717, 1.165) is 43.4 Å². The molecule has 0 spiro atoms. The minimum absolute atomic E-state index is 0.0399. The van der Waals surface area contributed by atoms with Crippen molar-refractivity contribution in [2.24, 2.45) is 5.92 Å². The molecule has 0 fully saturated rings. The highest BCUT2D eigenvalue weighted by Crippen LogP contribution is 2.26. The molecule has 2 amide bonds. The molecule has 0 radical (unpaired) electrons. The first kappa shape index (κ1) is 26.9. The highest BCUT2D eigenvalue weighted by atomic mass is 32.2. The number of amides is 2. The van der Waals surface area contributed by atoms with E-state index in [1.807, 2.05) is 47.9 Å². The summed E-state index contributed by atoms with van der Waals surface area (Å²) in [5, 5.41) is 0. The zero-order valence-corrected chi connectivity index (χ0v) is 21.8. The van der Waals surface area contributed by atoms with E-state index < -0.39 is 9.84 Å². The van der Waals surface area contributed by atoms with Crippen LogP contribution in [-0.2, 0) is 26.0 Å². The molecule has 0 unspecified atom stereocenters. The van der Waals surface area contributed by atoms with Crippen LogP contribution in [0.5, 0.6) is 0 Å². The molecule has 0 aromatic heterocycles. The molecular weight excluding hydrogens is 460 g/mol. The molecule has 1 aliphatic heterocycles. The molecule has 0 N–H and O–H groups in total. The second-order valence-corrected chi connectivity index (χ2v) is 11.7. The number of anilines is 1. The lowest BCUT2D eigenvalue weighted by molar-refractivity contribution is -0.131. The number of nitrogens with zero attached hydrogens (tertiary/aromatic N) is 2. The number of carbonyl (C=O) groups excluding carboxylic acids is 2. The van der Waals surface area contributed by atoms with Gasteiger partial charge in [0.25, 0.3) is 0 Å². The largest absolute Gasteiger partial charge is 0.338 e. The van der Waals surface area contributed by atoms with Gasteiger partial charge in [-0.2, -0.15) is 0 Å². The van der Waals surface area contributed by atoms with Gasteiger partial charge in [-0.25, -0.2) is 8.42 Å². The predicted molar refractivity (Wildman–Crippen MR) is 140 cm³/mol. The molecule has 2 aromatic rings. The van der Waals surface area contributed by atoms with Gasteiger partial charge >= 0.3 is 0 Å². The van der Waals surface area contributed by atoms with E-state index in [1.54, 1.807) is 30.3 Å². The molecule has 3 rings (SSSR count). The van der Waals surface area contributed by atoms with Gasteiger partial charge in [0.05, 0.1) is 10.6 Å². The van der Waals surface area contributed by atoms with Crippen LogP contribution >= 0.6 is 0 Å². The Morgan fingerprint density at radius 3 is 2.20 bits per heavy atom. The van der Waals surface area contributed by atoms with Gasteiger partial charge in [0, 0.05) is 37.7 Å². The van der Waals surface area contributed by atoms with Gasteiger partial charge in [-0.3, -0.25) is 9.59 Å². The first-order chi connectivity index (χ1) is 16.8. The zero-order valence-electron chi connectivity index (χ0n) is 21.0. The molecule has 7 heteroatoms. The number of rotatable bonds is 6. The maximum atomic E-state index is 13.2. The van der Waals surface area contributed by atoms with Crippen LogP contribution in [0.1, 0.15) is 64.4 Å². The number of para-hydroxylation sites is 1. The lowest BCUT2D eigenvalue weighted by atomic mass is 10.0. The molecule has 1 heterocycles. The maximum Gasteiger partial charge on any atom is 0.229 e. The van der Waals surface area contributed by atoms with E-state index in [-0.39, 0.29) is 36.3 Å². The molecule has 2 aromatic carbocycles. The predicted octanol–water partition coefficient (Wildman–Crippen LogP) is 5.22. The third-order valence-corrected chi connectivity index (χ3v) is 8.29. The molecule has 0 atom stereocenters. The van der Waals surface area contributed by atoms with Crippen molar-refractivity contribution in [1.82, 2.24) is 4.90 Å². The number of benzene rings is 2. The van der Waals surface area contributed by atoms with E-state index >= 15 is 0 Å². The van der Waals surface area contributed by atoms with Crippen LogP contribution in [0.4, 0.5) is 5.69 Å². The lowest BCUT2D eigenvalue weighted by Gasteiger charge is -2.30. The topological polar surface area (TPSA) is 74.8 Å². The SMILES string of the molecule is CC(C)C(=O)N1CCCCCCCN(C(=O)CCCS(=O)(=O)c2ccccc2)Cc2ccccc21. The van der Waals surface area contributed by atoms with Crippen molar-refractivity contribution in [2.75, 3.05) is 23.7 Å². The lowest BCUT2D eigenvalue weighted by Crippen LogP contribution is -2.37. The first-order valence-electron chi connectivity index (χ1n) is 12.7. The smallest absolute Gasteiger partial charge is 0.229 e. The summed E-state index contributed by atoms with van der Waals surface area (Å²) in [4.78, 5) is 30.3. The average molecular weight is 499 g/mol. The van der Waals surface area contributed by atoms with Gasteiger partial charge in [-0.15, -0.1) is 0 Å². The van der Waals surface area contributed by atoms with Gasteiger partial charge in [0.15, 0.2) is 9.84 Å². The minimum atomic E-state index is -3.41. The number of fused-ring (bicyclic) bond motifs is 1. The summed E-state index contributed by atoms with van der Waals surface area (Å²) in [6.07, 6.45) is 5.51. The Labute approximate surface area is 210 Å². The van der Waals surface area contributed by atoms with E-state index in [2.05, 4.69) is 0 Å². The number of sulfone groups is 1. The van der Waals surface area contributed by atoms with Crippen LogP contribution < -0.4 is 4.90 Å². The molecule has 0 aliphatic carbocycles. The average Bonchev–Trinajstić information content (AvgIpc) is 2.84. The summed E-state index contributed by atoms with van der Waals surface area (Å²) >= 11 is 0. The van der Waals surface area contributed by atoms with Gasteiger partial charge < -0.3 is 9.80 Å². The summed E-state index contributed by atoms with van der Waals surface area (Å²) in [7, 11) is -3.41. The molecule has 0 saturated carbocycles. The Bertz CT molecular complexity index is 1080. The summed E-state index contributed by atoms with van der Waals surface area (Å²) in [6.45, 7) is 5.57. The fraction of sp³-hybridized carbons (Fsp3) is 0.500. The third-order valence-electron chi connectivity index (χ3n) is 6.47. The summed E-state index contributed by atoms with van der Waals surface area (Å²) in [6, 6.07) is 16.2. The van der Waals surface area contributed by atoms with Crippen LogP contribution in [0, 0.1) is 5.92 Å². The molecule has 35 heavy (non-hydrogen) atoms. The van der Waals surface area contributed by atoms with Crippen LogP contribution in [0.15, 0.2) is 59.5 Å². The van der Waals surface area contributed by atoms with Gasteiger partial charge in [0.2, 0.25) is 11.8 Å². The van der Waals surface area contributed by atoms with Gasteiger partial charge in [-0.05, 0) is 43.0 Å². The molecule has 0 saturated heterocycles. The number of hydrogen-bond acceptors (Lipinski definition) is 4. The van der Waals surface area contributed by atoms with E-state index in [0.29, 0.717) is 24.5 Å². The highest BCUT2D eigenvalue weighted by molar-refractivity contribution is 7.91. The van der Waals surface area contributed by atoms with E-state index in [1.165, 1.54) is 0 Å². The van der Waals surface area contributed by atoms with Gasteiger partial charge in [-0.1, -0.05) is 69.5 Å². The van der Waals surface area contributed by atoms with E-state index in [9.17, 15) is 18.0 Å². The van der Waals surface area contributed by atoms with Crippen molar-refractivity contribution in [3.8, 4) is 0 Å². The Morgan fingerprint density at radius 2 is 1.49 bits per heavy atom. The second-order valence-electron chi connectivity index (χ2n) is 9.59. The molecule has 0 bridgehead atoms. The van der Waals surface area contributed by atoms with Crippen LogP contribution in [-0.4, -0.2) is 44.0 Å². The van der Waals surface area contributed by atoms with Crippen LogP contribution in [0.25, 0.3) is 0 Å². The second kappa shape index (κ2) is 12.9.